The Hall–Kier alpha value is -3.25. The summed E-state index contributed by atoms with van der Waals surface area (Å²) in [6.45, 7) is 0. The van der Waals surface area contributed by atoms with Crippen molar-refractivity contribution in [3.63, 3.8) is 0 Å². The highest BCUT2D eigenvalue weighted by Gasteiger charge is 2.35. The minimum absolute atomic E-state index is 0.0307. The van der Waals surface area contributed by atoms with Gasteiger partial charge in [-0.3, -0.25) is 20.3 Å². The van der Waals surface area contributed by atoms with Gasteiger partial charge in [-0.25, -0.2) is 4.98 Å². The van der Waals surface area contributed by atoms with Crippen molar-refractivity contribution in [2.45, 2.75) is 0 Å². The van der Waals surface area contributed by atoms with E-state index >= 15 is 0 Å². The summed E-state index contributed by atoms with van der Waals surface area (Å²) in [5, 5.41) is 21.7. The molecular formula is C13H9N7O3S2. The molecule has 10 nitrogen and oxygen atoms in total. The number of rotatable bonds is 4. The molecule has 1 aromatic carbocycles. The fourth-order valence-corrected chi connectivity index (χ4v) is 2.56. The lowest BCUT2D eigenvalue weighted by atomic mass is 10.1. The number of hydrogen-bond donors (Lipinski definition) is 2. The van der Waals surface area contributed by atoms with E-state index in [1.54, 1.807) is 11.6 Å². The summed E-state index contributed by atoms with van der Waals surface area (Å²) < 4.78 is 0. The number of thiocarbonyl (C=S) groups is 1. The number of carbonyl (C=O) groups excluding carboxylic acids is 1. The van der Waals surface area contributed by atoms with Crippen LogP contribution in [0.4, 0.5) is 10.8 Å². The summed E-state index contributed by atoms with van der Waals surface area (Å²) in [5.74, 6) is -0.607. The Labute approximate surface area is 149 Å². The molecule has 2 aromatic rings. The third kappa shape index (κ3) is 3.34. The van der Waals surface area contributed by atoms with Gasteiger partial charge >= 0.3 is 5.91 Å². The zero-order chi connectivity index (χ0) is 18.0. The molecule has 1 aliphatic heterocycles. The van der Waals surface area contributed by atoms with Gasteiger partial charge in [-0.15, -0.1) is 11.3 Å². The van der Waals surface area contributed by atoms with Crippen LogP contribution in [-0.2, 0) is 4.79 Å². The largest absolute Gasteiger partial charge is 0.374 e. The average molecular weight is 375 g/mol. The predicted octanol–water partition coefficient (Wildman–Crippen LogP) is 1.31. The first-order chi connectivity index (χ1) is 12.0. The summed E-state index contributed by atoms with van der Waals surface area (Å²) in [7, 11) is 0. The number of amides is 1. The number of nitrogens with two attached hydrogens (primary N) is 1. The van der Waals surface area contributed by atoms with Crippen LogP contribution < -0.4 is 11.2 Å². The molecule has 0 spiro atoms. The number of aromatic nitrogens is 1. The van der Waals surface area contributed by atoms with E-state index in [1.165, 1.54) is 35.6 Å². The van der Waals surface area contributed by atoms with Gasteiger partial charge in [-0.1, -0.05) is 0 Å². The molecule has 0 saturated heterocycles. The van der Waals surface area contributed by atoms with Crippen LogP contribution in [0.3, 0.4) is 0 Å². The molecule has 0 saturated carbocycles. The van der Waals surface area contributed by atoms with Gasteiger partial charge < -0.3 is 5.73 Å². The van der Waals surface area contributed by atoms with Gasteiger partial charge in [0, 0.05) is 29.3 Å². The molecule has 2 heterocycles. The molecule has 0 aliphatic carbocycles. The molecule has 0 fully saturated rings. The Morgan fingerprint density at radius 1 is 1.40 bits per heavy atom. The maximum absolute atomic E-state index is 12.4. The first-order valence-electron chi connectivity index (χ1n) is 6.68. The molecule has 12 heteroatoms. The van der Waals surface area contributed by atoms with Crippen LogP contribution in [0.5, 0.6) is 0 Å². The molecule has 0 radical (unpaired) electrons. The van der Waals surface area contributed by atoms with Crippen molar-refractivity contribution in [2.24, 2.45) is 15.9 Å². The first kappa shape index (κ1) is 16.6. The molecule has 3 N–H and O–H groups in total. The van der Waals surface area contributed by atoms with E-state index < -0.39 is 10.8 Å². The third-order valence-corrected chi connectivity index (χ3v) is 3.93. The van der Waals surface area contributed by atoms with Crippen LogP contribution in [-0.4, -0.2) is 37.4 Å². The summed E-state index contributed by atoms with van der Waals surface area (Å²) in [6.07, 6.45) is 1.58. The zero-order valence-corrected chi connectivity index (χ0v) is 14.0. The number of benzene rings is 1. The van der Waals surface area contributed by atoms with E-state index in [-0.39, 0.29) is 22.2 Å². The van der Waals surface area contributed by atoms with Crippen molar-refractivity contribution < 1.29 is 9.72 Å². The number of nitro groups is 1. The summed E-state index contributed by atoms with van der Waals surface area (Å²) in [4.78, 5) is 26.7. The molecule has 126 valence electrons. The SMILES string of the molecule is NC(=S)N1N=C(c2ccc([N+](=O)[O-])cc2)/C(=N\Nc2nccs2)C1=O. The fraction of sp³-hybridized carbons (Fsp3) is 0. The number of nitrogens with zero attached hydrogens (tertiary/aromatic N) is 5. The minimum Gasteiger partial charge on any atom is -0.374 e. The second kappa shape index (κ2) is 6.70. The van der Waals surface area contributed by atoms with Gasteiger partial charge in [-0.2, -0.15) is 15.2 Å². The van der Waals surface area contributed by atoms with Crippen LogP contribution in [0.15, 0.2) is 46.0 Å². The molecule has 25 heavy (non-hydrogen) atoms. The normalized spacial score (nSPS) is 15.4. The minimum atomic E-state index is -0.607. The van der Waals surface area contributed by atoms with E-state index in [2.05, 4.69) is 20.6 Å². The number of hydrazone groups is 2. The standard InChI is InChI=1S/C13H9N7O3S2/c14-12(24)19-11(21)10(16-17-13-15-5-6-25-13)9(18-19)7-1-3-8(4-2-7)20(22)23/h1-6H,(H2,14,24)(H,15,17)/b16-10+. The Kier molecular flexibility index (Phi) is 4.45. The Bertz CT molecular complexity index is 906. The Morgan fingerprint density at radius 2 is 2.12 bits per heavy atom. The number of nitro benzene ring substituents is 1. The third-order valence-electron chi connectivity index (χ3n) is 3.08. The average Bonchev–Trinajstić information content (AvgIpc) is 3.21. The summed E-state index contributed by atoms with van der Waals surface area (Å²) >= 11 is 6.11. The number of non-ortho nitro benzene ring substituents is 1. The van der Waals surface area contributed by atoms with E-state index in [9.17, 15) is 14.9 Å². The van der Waals surface area contributed by atoms with Crippen molar-refractivity contribution in [1.29, 1.82) is 0 Å². The van der Waals surface area contributed by atoms with Crippen LogP contribution in [0, 0.1) is 10.1 Å². The van der Waals surface area contributed by atoms with Gasteiger partial charge in [0.05, 0.1) is 4.92 Å². The number of nitrogens with one attached hydrogen (secondary N) is 1. The molecule has 0 unspecified atom stereocenters. The molecular weight excluding hydrogens is 366 g/mol. The number of carbonyl (C=O) groups is 1. The number of anilines is 1. The maximum Gasteiger partial charge on any atom is 0.303 e. The van der Waals surface area contributed by atoms with Crippen molar-refractivity contribution in [3.05, 3.63) is 51.5 Å². The Balaban J connectivity index is 1.98. The van der Waals surface area contributed by atoms with Gasteiger partial charge in [0.25, 0.3) is 5.69 Å². The first-order valence-corrected chi connectivity index (χ1v) is 7.97. The molecule has 0 atom stereocenters. The summed E-state index contributed by atoms with van der Waals surface area (Å²) in [6, 6.07) is 5.54. The van der Waals surface area contributed by atoms with Crippen molar-refractivity contribution in [2.75, 3.05) is 5.43 Å². The van der Waals surface area contributed by atoms with Crippen molar-refractivity contribution in [3.8, 4) is 0 Å². The van der Waals surface area contributed by atoms with E-state index in [0.717, 1.165) is 5.01 Å². The van der Waals surface area contributed by atoms with Crippen molar-refractivity contribution in [1.82, 2.24) is 9.99 Å². The smallest absolute Gasteiger partial charge is 0.303 e. The van der Waals surface area contributed by atoms with Crippen LogP contribution >= 0.6 is 23.6 Å². The second-order valence-corrected chi connectivity index (χ2v) is 5.93. The monoisotopic (exact) mass is 375 g/mol. The van der Waals surface area contributed by atoms with Gasteiger partial charge in [0.2, 0.25) is 5.13 Å². The highest BCUT2D eigenvalue weighted by atomic mass is 32.1. The molecule has 1 amide bonds. The zero-order valence-electron chi connectivity index (χ0n) is 12.3. The topological polar surface area (TPSA) is 139 Å². The molecule has 1 aromatic heterocycles. The highest BCUT2D eigenvalue weighted by molar-refractivity contribution is 7.80. The lowest BCUT2D eigenvalue weighted by Crippen LogP contribution is -2.36. The van der Waals surface area contributed by atoms with E-state index in [1.807, 2.05) is 0 Å². The van der Waals surface area contributed by atoms with Gasteiger partial charge in [-0.05, 0) is 24.4 Å². The van der Waals surface area contributed by atoms with E-state index in [0.29, 0.717) is 10.7 Å². The molecule has 0 bridgehead atoms. The number of thiazole rings is 1. The van der Waals surface area contributed by atoms with Crippen molar-refractivity contribution >= 4 is 56.8 Å². The van der Waals surface area contributed by atoms with Gasteiger partial charge in [0.1, 0.15) is 5.71 Å². The maximum atomic E-state index is 12.4. The van der Waals surface area contributed by atoms with Gasteiger partial charge in [0.15, 0.2) is 10.8 Å². The highest BCUT2D eigenvalue weighted by Crippen LogP contribution is 2.18. The molecule has 3 rings (SSSR count). The fourth-order valence-electron chi connectivity index (χ4n) is 1.96. The van der Waals surface area contributed by atoms with Crippen LogP contribution in [0.25, 0.3) is 0 Å². The second-order valence-electron chi connectivity index (χ2n) is 4.62. The van der Waals surface area contributed by atoms with E-state index in [4.69, 9.17) is 18.0 Å². The lowest BCUT2D eigenvalue weighted by Gasteiger charge is -2.06. The Morgan fingerprint density at radius 3 is 2.68 bits per heavy atom. The predicted molar refractivity (Wildman–Crippen MR) is 96.4 cm³/mol. The number of hydrogen-bond acceptors (Lipinski definition) is 9. The lowest BCUT2D eigenvalue weighted by molar-refractivity contribution is -0.384. The summed E-state index contributed by atoms with van der Waals surface area (Å²) in [5.41, 5.74) is 8.69. The molecule has 1 aliphatic rings. The van der Waals surface area contributed by atoms with Crippen LogP contribution in [0.2, 0.25) is 0 Å². The quantitative estimate of drug-likeness (QED) is 0.466. The van der Waals surface area contributed by atoms with Crippen LogP contribution in [0.1, 0.15) is 5.56 Å².